The van der Waals surface area contributed by atoms with E-state index in [9.17, 15) is 9.59 Å². The first-order valence-electron chi connectivity index (χ1n) is 10.2. The standard InChI is InChI=1S/C21H22N8O3/c1-29-16-8-14-15(25-28-24-14)9-17(16)32-11-13(21(29)31)10-22-20(30)19-23-18(26-27-19)7-12-5-3-2-4-6-12/h2-6,8-9,13,24-25,28H,7,10-11H2,1H3,(H,22,30)(H,23,26,27)/p+1. The molecule has 1 unspecified atom stereocenters. The van der Waals surface area contributed by atoms with Crippen LogP contribution < -0.4 is 31.3 Å². The summed E-state index contributed by atoms with van der Waals surface area (Å²) >= 11 is 0. The molecule has 0 bridgehead atoms. The van der Waals surface area contributed by atoms with E-state index in [1.807, 2.05) is 42.5 Å². The van der Waals surface area contributed by atoms with E-state index in [2.05, 4.69) is 31.3 Å². The third kappa shape index (κ3) is 3.81. The highest BCUT2D eigenvalue weighted by Crippen LogP contribution is 2.39. The average molecular weight is 435 g/mol. The van der Waals surface area contributed by atoms with Crippen LogP contribution >= 0.6 is 0 Å². The number of ether oxygens (including phenoxy) is 1. The fourth-order valence-electron chi connectivity index (χ4n) is 3.74. The van der Waals surface area contributed by atoms with Gasteiger partial charge in [-0.3, -0.25) is 14.7 Å². The van der Waals surface area contributed by atoms with Gasteiger partial charge in [0.05, 0.1) is 11.6 Å². The fourth-order valence-corrected chi connectivity index (χ4v) is 3.74. The molecule has 2 amide bonds. The number of hydrogen-bond acceptors (Lipinski definition) is 7. The molecule has 11 heteroatoms. The van der Waals surface area contributed by atoms with E-state index >= 15 is 0 Å². The van der Waals surface area contributed by atoms with Gasteiger partial charge in [-0.15, -0.1) is 10.6 Å². The van der Waals surface area contributed by atoms with Crippen LogP contribution in [0.15, 0.2) is 42.5 Å². The average Bonchev–Trinajstić information content (AvgIpc) is 3.45. The summed E-state index contributed by atoms with van der Waals surface area (Å²) in [6, 6.07) is 13.5. The van der Waals surface area contributed by atoms with Gasteiger partial charge in [0.1, 0.15) is 29.6 Å². The van der Waals surface area contributed by atoms with Crippen LogP contribution in [0.5, 0.6) is 5.75 Å². The van der Waals surface area contributed by atoms with Gasteiger partial charge in [0, 0.05) is 26.1 Å². The first-order valence-corrected chi connectivity index (χ1v) is 10.2. The summed E-state index contributed by atoms with van der Waals surface area (Å²) in [5.41, 5.74) is 11.4. The summed E-state index contributed by atoms with van der Waals surface area (Å²) in [5, 5.41) is 9.56. The molecule has 1 atom stereocenters. The number of nitrogen functional groups attached to an aromatic ring is 2. The number of hydrogen-bond donors (Lipinski definition) is 5. The second-order valence-corrected chi connectivity index (χ2v) is 7.68. The highest BCUT2D eigenvalue weighted by Gasteiger charge is 2.32. The zero-order chi connectivity index (χ0) is 22.1. The molecule has 0 aliphatic carbocycles. The molecule has 0 radical (unpaired) electrons. The number of nitrogens with two attached hydrogens (primary N) is 1. The van der Waals surface area contributed by atoms with Crippen LogP contribution in [0.1, 0.15) is 22.0 Å². The van der Waals surface area contributed by atoms with Crippen molar-refractivity contribution in [3.05, 3.63) is 59.7 Å². The molecule has 0 saturated carbocycles. The Kier molecular flexibility index (Phi) is 5.07. The van der Waals surface area contributed by atoms with Gasteiger partial charge < -0.3 is 15.0 Å². The van der Waals surface area contributed by atoms with Gasteiger partial charge in [-0.05, 0) is 11.6 Å². The molecule has 6 N–H and O–H groups in total. The predicted octanol–water partition coefficient (Wildman–Crippen LogP) is 0.0277. The van der Waals surface area contributed by atoms with Gasteiger partial charge >= 0.3 is 0 Å². The molecule has 3 aromatic rings. The lowest BCUT2D eigenvalue weighted by Crippen LogP contribution is -2.89. The van der Waals surface area contributed by atoms with Crippen molar-refractivity contribution in [1.29, 1.82) is 0 Å². The van der Waals surface area contributed by atoms with Gasteiger partial charge in [0.2, 0.25) is 11.7 Å². The minimum Gasteiger partial charge on any atom is -0.490 e. The Hall–Kier alpha value is -4.12. The molecular weight excluding hydrogens is 412 g/mol. The van der Waals surface area contributed by atoms with Crippen molar-refractivity contribution in [3.63, 3.8) is 0 Å². The summed E-state index contributed by atoms with van der Waals surface area (Å²) in [6.07, 6.45) is 0.546. The molecule has 5 rings (SSSR count). The SMILES string of the molecule is CN1C(=O)C(CNC(=O)c2n[nH]c(Cc3ccccc3)n2)COc2cc3c(cc21)N[NH2+]N3. The van der Waals surface area contributed by atoms with Crippen molar-refractivity contribution in [2.24, 2.45) is 5.92 Å². The number of amides is 2. The van der Waals surface area contributed by atoms with Gasteiger partial charge in [0.15, 0.2) is 0 Å². The van der Waals surface area contributed by atoms with Crippen LogP contribution in [-0.2, 0) is 11.2 Å². The minimum atomic E-state index is -0.540. The Bertz CT molecular complexity index is 1160. The van der Waals surface area contributed by atoms with Crippen LogP contribution in [-0.4, -0.2) is 47.2 Å². The lowest BCUT2D eigenvalue weighted by atomic mass is 10.1. The summed E-state index contributed by atoms with van der Waals surface area (Å²) in [7, 11) is 1.70. The molecule has 11 nitrogen and oxygen atoms in total. The summed E-state index contributed by atoms with van der Waals surface area (Å²) in [6.45, 7) is 0.266. The minimum absolute atomic E-state index is 0.0411. The van der Waals surface area contributed by atoms with Crippen molar-refractivity contribution in [3.8, 4) is 5.75 Å². The third-order valence-corrected chi connectivity index (χ3v) is 5.49. The summed E-state index contributed by atoms with van der Waals surface area (Å²) < 4.78 is 5.90. The van der Waals surface area contributed by atoms with Crippen molar-refractivity contribution < 1.29 is 19.9 Å². The van der Waals surface area contributed by atoms with Gasteiger partial charge in [-0.1, -0.05) is 30.3 Å². The summed E-state index contributed by atoms with van der Waals surface area (Å²) in [5.74, 6) is 0.121. The molecular formula is C21H23N8O3+. The number of aromatic nitrogens is 3. The molecule has 2 aliphatic rings. The van der Waals surface area contributed by atoms with Gasteiger partial charge in [0.25, 0.3) is 5.91 Å². The maximum atomic E-state index is 13.0. The smallest absolute Gasteiger partial charge is 0.290 e. The van der Waals surface area contributed by atoms with E-state index in [0.29, 0.717) is 23.7 Å². The number of aromatic amines is 1. The molecule has 2 aliphatic heterocycles. The van der Waals surface area contributed by atoms with Crippen LogP contribution in [0, 0.1) is 5.92 Å². The van der Waals surface area contributed by atoms with Crippen LogP contribution in [0.2, 0.25) is 0 Å². The number of fused-ring (bicyclic) bond motifs is 2. The normalized spacial score (nSPS) is 16.8. The molecule has 2 aromatic carbocycles. The maximum Gasteiger partial charge on any atom is 0.290 e. The van der Waals surface area contributed by atoms with E-state index in [4.69, 9.17) is 4.74 Å². The Morgan fingerprint density at radius 3 is 2.84 bits per heavy atom. The fraction of sp³-hybridized carbons (Fsp3) is 0.238. The second-order valence-electron chi connectivity index (χ2n) is 7.68. The van der Waals surface area contributed by atoms with E-state index in [-0.39, 0.29) is 24.9 Å². The highest BCUT2D eigenvalue weighted by atomic mass is 16.5. The molecule has 1 aromatic heterocycles. The number of rotatable bonds is 5. The number of nitrogens with zero attached hydrogens (tertiary/aromatic N) is 3. The first kappa shape index (κ1) is 19.8. The topological polar surface area (TPSA) is 141 Å². The zero-order valence-electron chi connectivity index (χ0n) is 17.4. The number of carbonyl (C=O) groups is 2. The van der Waals surface area contributed by atoms with Crippen molar-refractivity contribution in [1.82, 2.24) is 20.5 Å². The van der Waals surface area contributed by atoms with Gasteiger partial charge in [-0.25, -0.2) is 15.8 Å². The van der Waals surface area contributed by atoms with E-state index in [1.54, 1.807) is 17.5 Å². The first-order chi connectivity index (χ1) is 15.6. The molecule has 3 heterocycles. The number of nitrogens with one attached hydrogen (secondary N) is 4. The Morgan fingerprint density at radius 2 is 2.03 bits per heavy atom. The van der Waals surface area contributed by atoms with Crippen LogP contribution in [0.4, 0.5) is 17.1 Å². The number of quaternary nitrogens is 1. The van der Waals surface area contributed by atoms with Crippen molar-refractivity contribution in [2.45, 2.75) is 6.42 Å². The molecule has 0 saturated heterocycles. The Labute approximate surface area is 183 Å². The van der Waals surface area contributed by atoms with Gasteiger partial charge in [-0.2, -0.15) is 0 Å². The maximum absolute atomic E-state index is 13.0. The lowest BCUT2D eigenvalue weighted by molar-refractivity contribution is -0.588. The van der Waals surface area contributed by atoms with E-state index < -0.39 is 11.8 Å². The number of carbonyl (C=O) groups excluding carboxylic acids is 2. The number of H-pyrrole nitrogens is 1. The second kappa shape index (κ2) is 8.19. The van der Waals surface area contributed by atoms with Crippen molar-refractivity contribution >= 4 is 28.9 Å². The largest absolute Gasteiger partial charge is 0.490 e. The predicted molar refractivity (Wildman–Crippen MR) is 116 cm³/mol. The Morgan fingerprint density at radius 1 is 1.25 bits per heavy atom. The van der Waals surface area contributed by atoms with Crippen LogP contribution in [0.3, 0.4) is 0 Å². The number of benzene rings is 2. The summed E-state index contributed by atoms with van der Waals surface area (Å²) in [4.78, 5) is 31.3. The van der Waals surface area contributed by atoms with E-state index in [1.165, 1.54) is 0 Å². The zero-order valence-corrected chi connectivity index (χ0v) is 17.4. The third-order valence-electron chi connectivity index (χ3n) is 5.49. The molecule has 0 spiro atoms. The quantitative estimate of drug-likeness (QED) is 0.356. The number of anilines is 3. The van der Waals surface area contributed by atoms with E-state index in [0.717, 1.165) is 16.9 Å². The van der Waals surface area contributed by atoms with Crippen molar-refractivity contribution in [2.75, 3.05) is 36.0 Å². The monoisotopic (exact) mass is 435 g/mol. The molecule has 0 fully saturated rings. The highest BCUT2D eigenvalue weighted by molar-refractivity contribution is 5.99. The lowest BCUT2D eigenvalue weighted by Gasteiger charge is -2.19. The molecule has 32 heavy (non-hydrogen) atoms. The van der Waals surface area contributed by atoms with Crippen LogP contribution in [0.25, 0.3) is 0 Å². The Balaban J connectivity index is 1.22. The molecule has 164 valence electrons.